The Bertz CT molecular complexity index is 682. The molecule has 0 aromatic carbocycles. The molecule has 2 aromatic rings. The number of carbonyl (C=O) groups is 1. The molecule has 5 nitrogen and oxygen atoms in total. The number of hydrogen-bond acceptors (Lipinski definition) is 3. The zero-order chi connectivity index (χ0) is 14.5. The summed E-state index contributed by atoms with van der Waals surface area (Å²) in [6.07, 6.45) is 1.59. The Kier molecular flexibility index (Phi) is 4.68. The van der Waals surface area contributed by atoms with E-state index in [2.05, 4.69) is 26.2 Å². The predicted octanol–water partition coefficient (Wildman–Crippen LogP) is 1.63. The number of nitrogens with zero attached hydrogens (tertiary/aromatic N) is 2. The zero-order valence-corrected chi connectivity index (χ0v) is 12.6. The molecular formula is C14H14BrN3O2. The second-order valence-electron chi connectivity index (χ2n) is 4.36. The van der Waals surface area contributed by atoms with Gasteiger partial charge in [0.05, 0.1) is 12.2 Å². The van der Waals surface area contributed by atoms with Crippen molar-refractivity contribution in [1.82, 2.24) is 14.9 Å². The minimum Gasteiger partial charge on any atom is -0.349 e. The van der Waals surface area contributed by atoms with Gasteiger partial charge in [-0.15, -0.1) is 0 Å². The zero-order valence-electron chi connectivity index (χ0n) is 11.0. The molecule has 0 aliphatic heterocycles. The van der Waals surface area contributed by atoms with Crippen LogP contribution in [0.4, 0.5) is 0 Å². The van der Waals surface area contributed by atoms with E-state index >= 15 is 0 Å². The first-order chi connectivity index (χ1) is 9.54. The monoisotopic (exact) mass is 335 g/mol. The van der Waals surface area contributed by atoms with Gasteiger partial charge in [0, 0.05) is 22.4 Å². The van der Waals surface area contributed by atoms with Gasteiger partial charge in [0.15, 0.2) is 0 Å². The Balaban J connectivity index is 1.96. The van der Waals surface area contributed by atoms with Gasteiger partial charge in [0.1, 0.15) is 6.54 Å². The molecule has 0 radical (unpaired) electrons. The number of carbonyl (C=O) groups excluding carboxylic acids is 1. The molecule has 0 atom stereocenters. The van der Waals surface area contributed by atoms with Crippen molar-refractivity contribution in [2.45, 2.75) is 20.0 Å². The maximum absolute atomic E-state index is 11.8. The fourth-order valence-electron chi connectivity index (χ4n) is 1.72. The molecule has 0 bridgehead atoms. The number of pyridine rings is 2. The van der Waals surface area contributed by atoms with E-state index < -0.39 is 0 Å². The molecule has 6 heteroatoms. The number of aromatic nitrogens is 2. The van der Waals surface area contributed by atoms with Gasteiger partial charge in [-0.25, -0.2) is 0 Å². The Morgan fingerprint density at radius 2 is 2.15 bits per heavy atom. The lowest BCUT2D eigenvalue weighted by molar-refractivity contribution is -0.121. The van der Waals surface area contributed by atoms with Crippen LogP contribution in [-0.4, -0.2) is 15.5 Å². The van der Waals surface area contributed by atoms with Gasteiger partial charge in [0.25, 0.3) is 5.56 Å². The molecule has 2 heterocycles. The Morgan fingerprint density at radius 1 is 1.35 bits per heavy atom. The van der Waals surface area contributed by atoms with E-state index in [1.165, 1.54) is 10.6 Å². The third-order valence-corrected chi connectivity index (χ3v) is 3.14. The van der Waals surface area contributed by atoms with Crippen molar-refractivity contribution < 1.29 is 4.79 Å². The van der Waals surface area contributed by atoms with E-state index in [1.807, 2.05) is 25.1 Å². The molecule has 2 rings (SSSR count). The summed E-state index contributed by atoms with van der Waals surface area (Å²) in [5.74, 6) is -0.228. The summed E-state index contributed by atoms with van der Waals surface area (Å²) in [4.78, 5) is 27.7. The van der Waals surface area contributed by atoms with Crippen LogP contribution in [0.1, 0.15) is 11.4 Å². The van der Waals surface area contributed by atoms with E-state index in [1.54, 1.807) is 12.3 Å². The van der Waals surface area contributed by atoms with Gasteiger partial charge in [-0.3, -0.25) is 14.6 Å². The number of halogens is 1. The Labute approximate surface area is 124 Å². The standard InChI is InChI=1S/C14H14BrN3O2/c1-10-3-2-4-12(17-10)7-16-13(19)9-18-8-11(15)5-6-14(18)20/h2-6,8H,7,9H2,1H3,(H,16,19). The van der Waals surface area contributed by atoms with Crippen molar-refractivity contribution in [2.75, 3.05) is 0 Å². The van der Waals surface area contributed by atoms with Crippen LogP contribution in [0.15, 0.2) is 45.8 Å². The summed E-state index contributed by atoms with van der Waals surface area (Å²) in [6.45, 7) is 2.24. The second-order valence-corrected chi connectivity index (χ2v) is 5.28. The van der Waals surface area contributed by atoms with Crippen LogP contribution in [-0.2, 0) is 17.9 Å². The summed E-state index contributed by atoms with van der Waals surface area (Å²) < 4.78 is 2.11. The SMILES string of the molecule is Cc1cccc(CNC(=O)Cn2cc(Br)ccc2=O)n1. The lowest BCUT2D eigenvalue weighted by Gasteiger charge is -2.07. The predicted molar refractivity (Wildman–Crippen MR) is 79.2 cm³/mol. The van der Waals surface area contributed by atoms with Crippen LogP contribution in [0.5, 0.6) is 0 Å². The summed E-state index contributed by atoms with van der Waals surface area (Å²) in [7, 11) is 0. The van der Waals surface area contributed by atoms with Gasteiger partial charge >= 0.3 is 0 Å². The largest absolute Gasteiger partial charge is 0.349 e. The van der Waals surface area contributed by atoms with Gasteiger partial charge in [-0.05, 0) is 41.1 Å². The number of hydrogen-bond donors (Lipinski definition) is 1. The Morgan fingerprint density at radius 3 is 2.90 bits per heavy atom. The molecule has 0 saturated carbocycles. The highest BCUT2D eigenvalue weighted by Crippen LogP contribution is 2.04. The molecule has 0 aliphatic carbocycles. The summed E-state index contributed by atoms with van der Waals surface area (Å²) in [6, 6.07) is 8.69. The third kappa shape index (κ3) is 4.03. The molecule has 0 saturated heterocycles. The molecule has 104 valence electrons. The molecule has 0 spiro atoms. The number of rotatable bonds is 4. The van der Waals surface area contributed by atoms with Crippen molar-refractivity contribution in [3.8, 4) is 0 Å². The topological polar surface area (TPSA) is 64.0 Å². The normalized spacial score (nSPS) is 10.3. The van der Waals surface area contributed by atoms with Crippen molar-refractivity contribution in [2.24, 2.45) is 0 Å². The third-order valence-electron chi connectivity index (χ3n) is 2.67. The van der Waals surface area contributed by atoms with Crippen LogP contribution in [0.2, 0.25) is 0 Å². The molecule has 0 aliphatic rings. The van der Waals surface area contributed by atoms with Gasteiger partial charge in [-0.2, -0.15) is 0 Å². The van der Waals surface area contributed by atoms with Crippen LogP contribution in [0.3, 0.4) is 0 Å². The lowest BCUT2D eigenvalue weighted by atomic mass is 10.3. The first-order valence-corrected chi connectivity index (χ1v) is 6.89. The van der Waals surface area contributed by atoms with Crippen LogP contribution < -0.4 is 10.9 Å². The van der Waals surface area contributed by atoms with Crippen LogP contribution in [0, 0.1) is 6.92 Å². The van der Waals surface area contributed by atoms with E-state index in [-0.39, 0.29) is 18.0 Å². The van der Waals surface area contributed by atoms with Gasteiger partial charge < -0.3 is 9.88 Å². The molecular weight excluding hydrogens is 322 g/mol. The lowest BCUT2D eigenvalue weighted by Crippen LogP contribution is -2.31. The summed E-state index contributed by atoms with van der Waals surface area (Å²) in [5.41, 5.74) is 1.48. The molecule has 1 N–H and O–H groups in total. The van der Waals surface area contributed by atoms with E-state index in [0.29, 0.717) is 6.54 Å². The van der Waals surface area contributed by atoms with E-state index in [0.717, 1.165) is 15.9 Å². The first kappa shape index (κ1) is 14.5. The highest BCUT2D eigenvalue weighted by molar-refractivity contribution is 9.10. The Hall–Kier alpha value is -1.95. The fourth-order valence-corrected chi connectivity index (χ4v) is 2.10. The molecule has 1 amide bonds. The molecule has 20 heavy (non-hydrogen) atoms. The highest BCUT2D eigenvalue weighted by Gasteiger charge is 2.05. The fraction of sp³-hybridized carbons (Fsp3) is 0.214. The van der Waals surface area contributed by atoms with E-state index in [4.69, 9.17) is 0 Å². The first-order valence-electron chi connectivity index (χ1n) is 6.10. The van der Waals surface area contributed by atoms with Crippen molar-refractivity contribution >= 4 is 21.8 Å². The average molecular weight is 336 g/mol. The number of aryl methyl sites for hydroxylation is 1. The highest BCUT2D eigenvalue weighted by atomic mass is 79.9. The molecule has 2 aromatic heterocycles. The average Bonchev–Trinajstić information content (AvgIpc) is 2.41. The summed E-state index contributed by atoms with van der Waals surface area (Å²) >= 11 is 3.27. The quantitative estimate of drug-likeness (QED) is 0.923. The number of amides is 1. The summed E-state index contributed by atoms with van der Waals surface area (Å²) in [5, 5.41) is 2.74. The maximum Gasteiger partial charge on any atom is 0.251 e. The van der Waals surface area contributed by atoms with Crippen molar-refractivity contribution in [3.05, 3.63) is 62.7 Å². The minimum atomic E-state index is -0.228. The van der Waals surface area contributed by atoms with E-state index in [9.17, 15) is 9.59 Å². The molecule has 0 unspecified atom stereocenters. The van der Waals surface area contributed by atoms with Gasteiger partial charge in [0.2, 0.25) is 5.91 Å². The van der Waals surface area contributed by atoms with Gasteiger partial charge in [-0.1, -0.05) is 6.07 Å². The maximum atomic E-state index is 11.8. The van der Waals surface area contributed by atoms with Crippen LogP contribution in [0.25, 0.3) is 0 Å². The van der Waals surface area contributed by atoms with Crippen molar-refractivity contribution in [1.29, 1.82) is 0 Å². The van der Waals surface area contributed by atoms with Crippen molar-refractivity contribution in [3.63, 3.8) is 0 Å². The minimum absolute atomic E-state index is 0.00983. The molecule has 0 fully saturated rings. The number of nitrogens with one attached hydrogen (secondary N) is 1. The smallest absolute Gasteiger partial charge is 0.251 e. The van der Waals surface area contributed by atoms with Crippen LogP contribution >= 0.6 is 15.9 Å². The second kappa shape index (κ2) is 6.47.